The fourth-order valence-electron chi connectivity index (χ4n) is 3.48. The summed E-state index contributed by atoms with van der Waals surface area (Å²) in [5, 5.41) is 7.33. The van der Waals surface area contributed by atoms with Crippen LogP contribution in [0.15, 0.2) is 40.9 Å². The first-order chi connectivity index (χ1) is 12.6. The van der Waals surface area contributed by atoms with E-state index in [0.29, 0.717) is 5.11 Å². The van der Waals surface area contributed by atoms with Crippen LogP contribution in [0.5, 0.6) is 0 Å². The van der Waals surface area contributed by atoms with Crippen LogP contribution in [-0.2, 0) is 6.42 Å². The predicted molar refractivity (Wildman–Crippen MR) is 119 cm³/mol. The summed E-state index contributed by atoms with van der Waals surface area (Å²) in [6.07, 6.45) is 2.07. The molecule has 0 bridgehead atoms. The lowest BCUT2D eigenvalue weighted by Crippen LogP contribution is -2.32. The molecule has 138 valence electrons. The van der Waals surface area contributed by atoms with E-state index < -0.39 is 0 Å². The third kappa shape index (κ3) is 4.64. The smallest absolute Gasteiger partial charge is 0.170 e. The summed E-state index contributed by atoms with van der Waals surface area (Å²) in [5.41, 5.74) is 6.45. The van der Waals surface area contributed by atoms with Crippen molar-refractivity contribution >= 4 is 38.9 Å². The van der Waals surface area contributed by atoms with Gasteiger partial charge >= 0.3 is 0 Å². The van der Waals surface area contributed by atoms with E-state index in [9.17, 15) is 0 Å². The van der Waals surface area contributed by atoms with Crippen molar-refractivity contribution in [2.24, 2.45) is 0 Å². The summed E-state index contributed by atoms with van der Waals surface area (Å²) < 4.78 is 1.14. The van der Waals surface area contributed by atoms with E-state index in [1.807, 2.05) is 0 Å². The van der Waals surface area contributed by atoms with Crippen molar-refractivity contribution in [2.75, 3.05) is 31.5 Å². The minimum Gasteiger partial charge on any atom is -0.362 e. The molecule has 0 unspecified atom stereocenters. The number of rotatable bonds is 7. The molecule has 2 aromatic carbocycles. The quantitative estimate of drug-likeness (QED) is 0.404. The molecule has 5 heteroatoms. The largest absolute Gasteiger partial charge is 0.362 e. The van der Waals surface area contributed by atoms with Gasteiger partial charge in [0.1, 0.15) is 0 Å². The maximum absolute atomic E-state index is 5.44. The molecule has 0 aliphatic heterocycles. The molecule has 1 aliphatic rings. The number of nitrogens with zero attached hydrogens (tertiary/aromatic N) is 1. The fourth-order valence-corrected chi connectivity index (χ4v) is 4.11. The number of hydrogen-bond donors (Lipinski definition) is 2. The van der Waals surface area contributed by atoms with E-state index in [4.69, 9.17) is 12.2 Å². The van der Waals surface area contributed by atoms with Crippen molar-refractivity contribution in [2.45, 2.75) is 26.7 Å². The minimum absolute atomic E-state index is 0.697. The van der Waals surface area contributed by atoms with E-state index in [-0.39, 0.29) is 0 Å². The fraction of sp³-hybridized carbons (Fsp3) is 0.381. The molecular formula is C21H26BrN3S. The van der Waals surface area contributed by atoms with Gasteiger partial charge in [0, 0.05) is 16.7 Å². The Balaban J connectivity index is 1.53. The molecule has 0 heterocycles. The number of hydrogen-bond acceptors (Lipinski definition) is 2. The lowest BCUT2D eigenvalue weighted by Gasteiger charge is -2.18. The second-order valence-corrected chi connectivity index (χ2v) is 7.94. The zero-order valence-corrected chi connectivity index (χ0v) is 17.8. The van der Waals surface area contributed by atoms with Gasteiger partial charge in [-0.3, -0.25) is 0 Å². The molecule has 1 aliphatic carbocycles. The summed E-state index contributed by atoms with van der Waals surface area (Å²) >= 11 is 9.01. The maximum Gasteiger partial charge on any atom is 0.170 e. The lowest BCUT2D eigenvalue weighted by atomic mass is 10.1. The van der Waals surface area contributed by atoms with Crippen molar-refractivity contribution in [3.8, 4) is 11.1 Å². The molecule has 0 saturated carbocycles. The Hall–Kier alpha value is -1.43. The average molecular weight is 432 g/mol. The topological polar surface area (TPSA) is 27.3 Å². The van der Waals surface area contributed by atoms with Crippen LogP contribution in [0.1, 0.15) is 31.4 Å². The Labute approximate surface area is 170 Å². The molecule has 26 heavy (non-hydrogen) atoms. The normalized spacial score (nSPS) is 12.0. The van der Waals surface area contributed by atoms with Crippen LogP contribution in [0, 0.1) is 0 Å². The number of nitrogens with one attached hydrogen (secondary N) is 2. The molecule has 0 atom stereocenters. The molecule has 3 nitrogen and oxygen atoms in total. The number of thiocarbonyl (C=S) groups is 1. The van der Waals surface area contributed by atoms with Crippen LogP contribution in [0.25, 0.3) is 11.1 Å². The molecule has 0 spiro atoms. The highest BCUT2D eigenvalue weighted by molar-refractivity contribution is 9.10. The van der Waals surface area contributed by atoms with Gasteiger partial charge in [0.05, 0.1) is 0 Å². The molecule has 0 radical (unpaired) electrons. The van der Waals surface area contributed by atoms with Gasteiger partial charge in [-0.25, -0.2) is 0 Å². The SMILES string of the molecule is CCN(CC)CCCNC(=S)Nc1ccc2c(c1)Cc1cc(Br)ccc1-2. The number of anilines is 1. The predicted octanol–water partition coefficient (Wildman–Crippen LogP) is 5.04. The minimum atomic E-state index is 0.697. The highest BCUT2D eigenvalue weighted by Gasteiger charge is 2.18. The summed E-state index contributed by atoms with van der Waals surface area (Å²) in [5.74, 6) is 0. The number of halogens is 1. The molecule has 0 amide bonds. The first-order valence-electron chi connectivity index (χ1n) is 9.29. The molecule has 0 fully saturated rings. The summed E-state index contributed by atoms with van der Waals surface area (Å²) in [7, 11) is 0. The Morgan fingerprint density at radius 2 is 1.77 bits per heavy atom. The van der Waals surface area contributed by atoms with Crippen molar-refractivity contribution < 1.29 is 0 Å². The molecule has 2 aromatic rings. The molecule has 0 saturated heterocycles. The second-order valence-electron chi connectivity index (χ2n) is 6.61. The standard InChI is InChI=1S/C21H26BrN3S/c1-3-25(4-2)11-5-10-23-21(26)24-18-7-9-20-16(14-18)12-15-13-17(22)6-8-19(15)20/h6-9,13-14H,3-5,10-12H2,1-2H3,(H2,23,24,26). The molecule has 3 rings (SSSR count). The number of fused-ring (bicyclic) bond motifs is 3. The van der Waals surface area contributed by atoms with Gasteiger partial charge in [0.25, 0.3) is 0 Å². The second kappa shape index (κ2) is 8.98. The lowest BCUT2D eigenvalue weighted by molar-refractivity contribution is 0.300. The third-order valence-electron chi connectivity index (χ3n) is 4.93. The van der Waals surface area contributed by atoms with E-state index >= 15 is 0 Å². The van der Waals surface area contributed by atoms with Crippen molar-refractivity contribution in [3.05, 3.63) is 52.0 Å². The summed E-state index contributed by atoms with van der Waals surface area (Å²) in [6.45, 7) is 8.62. The van der Waals surface area contributed by atoms with Gasteiger partial charge in [-0.05, 0) is 91.2 Å². The third-order valence-corrected chi connectivity index (χ3v) is 5.67. The van der Waals surface area contributed by atoms with E-state index in [2.05, 4.69) is 81.7 Å². The van der Waals surface area contributed by atoms with Gasteiger partial charge in [-0.2, -0.15) is 0 Å². The highest BCUT2D eigenvalue weighted by Crippen LogP contribution is 2.38. The van der Waals surface area contributed by atoms with Gasteiger partial charge in [-0.15, -0.1) is 0 Å². The van der Waals surface area contributed by atoms with Crippen LogP contribution in [0.4, 0.5) is 5.69 Å². The monoisotopic (exact) mass is 431 g/mol. The van der Waals surface area contributed by atoms with Gasteiger partial charge in [0.2, 0.25) is 0 Å². The van der Waals surface area contributed by atoms with Gasteiger partial charge in [0.15, 0.2) is 5.11 Å². The van der Waals surface area contributed by atoms with Crippen molar-refractivity contribution in [1.82, 2.24) is 10.2 Å². The number of benzene rings is 2. The van der Waals surface area contributed by atoms with Crippen LogP contribution in [-0.4, -0.2) is 36.2 Å². The Morgan fingerprint density at radius 1 is 1.08 bits per heavy atom. The highest BCUT2D eigenvalue weighted by atomic mass is 79.9. The molecular weight excluding hydrogens is 406 g/mol. The first-order valence-corrected chi connectivity index (χ1v) is 10.5. The van der Waals surface area contributed by atoms with E-state index in [1.54, 1.807) is 0 Å². The van der Waals surface area contributed by atoms with E-state index in [0.717, 1.165) is 49.2 Å². The summed E-state index contributed by atoms with van der Waals surface area (Å²) in [4.78, 5) is 2.43. The van der Waals surface area contributed by atoms with Gasteiger partial charge < -0.3 is 15.5 Å². The molecule has 0 aromatic heterocycles. The Morgan fingerprint density at radius 3 is 2.50 bits per heavy atom. The average Bonchev–Trinajstić information content (AvgIpc) is 2.98. The molecule has 2 N–H and O–H groups in total. The Kier molecular flexibility index (Phi) is 6.68. The van der Waals surface area contributed by atoms with Crippen LogP contribution < -0.4 is 10.6 Å². The first kappa shape index (κ1) is 19.3. The van der Waals surface area contributed by atoms with Crippen LogP contribution >= 0.6 is 28.1 Å². The van der Waals surface area contributed by atoms with Crippen LogP contribution in [0.2, 0.25) is 0 Å². The Bertz CT molecular complexity index is 787. The van der Waals surface area contributed by atoms with Crippen LogP contribution in [0.3, 0.4) is 0 Å². The van der Waals surface area contributed by atoms with Gasteiger partial charge in [-0.1, -0.05) is 41.9 Å². The maximum atomic E-state index is 5.44. The van der Waals surface area contributed by atoms with E-state index in [1.165, 1.54) is 22.3 Å². The summed E-state index contributed by atoms with van der Waals surface area (Å²) in [6, 6.07) is 13.0. The zero-order valence-electron chi connectivity index (χ0n) is 15.4. The van der Waals surface area contributed by atoms with Crippen molar-refractivity contribution in [3.63, 3.8) is 0 Å². The zero-order chi connectivity index (χ0) is 18.5. The van der Waals surface area contributed by atoms with Crippen molar-refractivity contribution in [1.29, 1.82) is 0 Å².